The Morgan fingerprint density at radius 2 is 1.81 bits per heavy atom. The molecule has 2 unspecified atom stereocenters. The van der Waals surface area contributed by atoms with E-state index in [1.807, 2.05) is 36.9 Å². The second kappa shape index (κ2) is 10.6. The van der Waals surface area contributed by atoms with E-state index in [1.165, 1.54) is 0 Å². The van der Waals surface area contributed by atoms with E-state index in [0.29, 0.717) is 17.9 Å². The number of aromatic nitrogens is 1. The number of benzene rings is 1. The molecule has 2 aromatic rings. The van der Waals surface area contributed by atoms with Crippen LogP contribution < -0.4 is 26.6 Å². The van der Waals surface area contributed by atoms with Gasteiger partial charge in [0.25, 0.3) is 0 Å². The Hall–Kier alpha value is -3.62. The van der Waals surface area contributed by atoms with E-state index in [4.69, 9.17) is 5.73 Å². The van der Waals surface area contributed by atoms with Crippen LogP contribution in [0.4, 0.5) is 22.0 Å². The average Bonchev–Trinajstić information content (AvgIpc) is 2.78. The summed E-state index contributed by atoms with van der Waals surface area (Å²) in [4.78, 5) is 43.1. The summed E-state index contributed by atoms with van der Waals surface area (Å²) in [6.45, 7) is 5.07. The van der Waals surface area contributed by atoms with Gasteiger partial charge in [-0.1, -0.05) is 32.0 Å². The fraction of sp³-hybridized carbons (Fsp3) is 0.391. The maximum absolute atomic E-state index is 12.8. The highest BCUT2D eigenvalue weighted by Gasteiger charge is 2.26. The number of anilines is 3. The summed E-state index contributed by atoms with van der Waals surface area (Å²) in [6.07, 6.45) is 3.24. The molecular formula is C23H30N6O3. The molecule has 2 atom stereocenters. The Bertz CT molecular complexity index is 933. The summed E-state index contributed by atoms with van der Waals surface area (Å²) in [7, 11) is 0. The van der Waals surface area contributed by atoms with Gasteiger partial charge in [-0.05, 0) is 43.0 Å². The molecule has 0 saturated carbocycles. The molecule has 1 aromatic carbocycles. The first-order valence-electron chi connectivity index (χ1n) is 10.8. The van der Waals surface area contributed by atoms with Crippen LogP contribution in [0.15, 0.2) is 48.7 Å². The molecule has 9 nitrogen and oxygen atoms in total. The van der Waals surface area contributed by atoms with Crippen molar-refractivity contribution in [2.45, 2.75) is 32.7 Å². The van der Waals surface area contributed by atoms with Gasteiger partial charge in [-0.25, -0.2) is 9.78 Å². The van der Waals surface area contributed by atoms with Crippen LogP contribution in [0, 0.1) is 11.8 Å². The van der Waals surface area contributed by atoms with Crippen molar-refractivity contribution in [3.05, 3.63) is 48.7 Å². The van der Waals surface area contributed by atoms with Crippen molar-refractivity contribution < 1.29 is 14.4 Å². The quantitative estimate of drug-likeness (QED) is 0.528. The molecular weight excluding hydrogens is 408 g/mol. The van der Waals surface area contributed by atoms with Gasteiger partial charge in [-0.3, -0.25) is 9.59 Å². The van der Waals surface area contributed by atoms with Gasteiger partial charge in [-0.15, -0.1) is 0 Å². The van der Waals surface area contributed by atoms with Crippen LogP contribution in [0.5, 0.6) is 0 Å². The number of nitrogens with one attached hydrogen (secondary N) is 3. The Balaban J connectivity index is 1.59. The highest BCUT2D eigenvalue weighted by Crippen LogP contribution is 2.22. The van der Waals surface area contributed by atoms with Crippen LogP contribution >= 0.6 is 0 Å². The van der Waals surface area contributed by atoms with E-state index in [-0.39, 0.29) is 23.7 Å². The van der Waals surface area contributed by atoms with Crippen LogP contribution in [-0.2, 0) is 9.59 Å². The van der Waals surface area contributed by atoms with Gasteiger partial charge in [0.15, 0.2) is 0 Å². The number of hydrogen-bond donors (Lipinski definition) is 4. The molecule has 0 bridgehead atoms. The average molecular weight is 439 g/mol. The maximum atomic E-state index is 12.8. The van der Waals surface area contributed by atoms with E-state index in [9.17, 15) is 14.4 Å². The van der Waals surface area contributed by atoms with Gasteiger partial charge in [0.2, 0.25) is 11.8 Å². The molecule has 1 aliphatic rings. The third-order valence-corrected chi connectivity index (χ3v) is 5.43. The van der Waals surface area contributed by atoms with Crippen molar-refractivity contribution in [1.29, 1.82) is 0 Å². The molecule has 0 radical (unpaired) electrons. The predicted molar refractivity (Wildman–Crippen MR) is 124 cm³/mol. The summed E-state index contributed by atoms with van der Waals surface area (Å²) in [5, 5.41) is 8.26. The van der Waals surface area contributed by atoms with Gasteiger partial charge >= 0.3 is 6.03 Å². The van der Waals surface area contributed by atoms with Crippen LogP contribution in [-0.4, -0.2) is 42.0 Å². The van der Waals surface area contributed by atoms with Crippen molar-refractivity contribution in [3.63, 3.8) is 0 Å². The smallest absolute Gasteiger partial charge is 0.319 e. The normalized spacial score (nSPS) is 16.8. The molecule has 2 heterocycles. The lowest BCUT2D eigenvalue weighted by molar-refractivity contribution is -0.122. The number of amides is 4. The van der Waals surface area contributed by atoms with Gasteiger partial charge in [0.05, 0.1) is 17.8 Å². The molecule has 1 aliphatic heterocycles. The monoisotopic (exact) mass is 438 g/mol. The van der Waals surface area contributed by atoms with Crippen LogP contribution in [0.2, 0.25) is 0 Å². The predicted octanol–water partition coefficient (Wildman–Crippen LogP) is 2.57. The largest absolute Gasteiger partial charge is 0.369 e. The minimum atomic E-state index is -0.725. The summed E-state index contributed by atoms with van der Waals surface area (Å²) in [6, 6.07) is 11.4. The number of primary amides is 1. The zero-order valence-electron chi connectivity index (χ0n) is 18.4. The van der Waals surface area contributed by atoms with Crippen LogP contribution in [0.3, 0.4) is 0 Å². The molecule has 0 spiro atoms. The number of rotatable bonds is 7. The molecule has 1 aromatic heterocycles. The Kier molecular flexibility index (Phi) is 7.64. The fourth-order valence-electron chi connectivity index (χ4n) is 3.65. The lowest BCUT2D eigenvalue weighted by Crippen LogP contribution is -2.48. The van der Waals surface area contributed by atoms with Gasteiger partial charge in [0, 0.05) is 18.8 Å². The molecule has 32 heavy (non-hydrogen) atoms. The number of hydrogen-bond acceptors (Lipinski definition) is 5. The minimum Gasteiger partial charge on any atom is -0.369 e. The summed E-state index contributed by atoms with van der Waals surface area (Å²) in [5.74, 6) is -0.186. The van der Waals surface area contributed by atoms with E-state index in [0.717, 1.165) is 25.2 Å². The minimum absolute atomic E-state index is 0.122. The van der Waals surface area contributed by atoms with Crippen molar-refractivity contribution >= 4 is 35.0 Å². The van der Waals surface area contributed by atoms with Gasteiger partial charge < -0.3 is 26.6 Å². The van der Waals surface area contributed by atoms with Gasteiger partial charge in [0.1, 0.15) is 11.9 Å². The molecule has 0 aliphatic carbocycles. The van der Waals surface area contributed by atoms with Crippen molar-refractivity contribution in [2.24, 2.45) is 17.6 Å². The van der Waals surface area contributed by atoms with E-state index < -0.39 is 12.1 Å². The fourth-order valence-corrected chi connectivity index (χ4v) is 3.65. The van der Waals surface area contributed by atoms with E-state index >= 15 is 0 Å². The van der Waals surface area contributed by atoms with Gasteiger partial charge in [-0.2, -0.15) is 0 Å². The first kappa shape index (κ1) is 23.1. The number of nitrogens with two attached hydrogens (primary N) is 1. The third kappa shape index (κ3) is 6.19. The molecule has 170 valence electrons. The summed E-state index contributed by atoms with van der Waals surface area (Å²) in [5.41, 5.74) is 6.62. The standard InChI is InChI=1S/C23H30N6O3/c1-15(2)20(28-23(32)27-17-8-4-3-5-9-17)22(31)26-18-10-11-19(25-13-18)29-12-6-7-16(14-29)21(24)30/h3-5,8-11,13,15-16,20H,6-7,12,14H2,1-2H3,(H2,24,30)(H,26,31)(H2,27,28,32). The van der Waals surface area contributed by atoms with Crippen LogP contribution in [0.25, 0.3) is 0 Å². The first-order valence-corrected chi connectivity index (χ1v) is 10.8. The zero-order valence-corrected chi connectivity index (χ0v) is 18.4. The SMILES string of the molecule is CC(C)C(NC(=O)Nc1ccccc1)C(=O)Nc1ccc(N2CCCC(C(N)=O)C2)nc1. The lowest BCUT2D eigenvalue weighted by Gasteiger charge is -2.32. The zero-order chi connectivity index (χ0) is 23.1. The topological polar surface area (TPSA) is 129 Å². The molecule has 5 N–H and O–H groups in total. The number of urea groups is 1. The van der Waals surface area contributed by atoms with E-state index in [1.54, 1.807) is 30.5 Å². The number of para-hydroxylation sites is 1. The van der Waals surface area contributed by atoms with Crippen molar-refractivity contribution in [2.75, 3.05) is 28.6 Å². The third-order valence-electron chi connectivity index (χ3n) is 5.43. The van der Waals surface area contributed by atoms with Crippen molar-refractivity contribution in [3.8, 4) is 0 Å². The number of nitrogens with zero attached hydrogens (tertiary/aromatic N) is 2. The van der Waals surface area contributed by atoms with Crippen molar-refractivity contribution in [1.82, 2.24) is 10.3 Å². The highest BCUT2D eigenvalue weighted by molar-refractivity contribution is 5.99. The maximum Gasteiger partial charge on any atom is 0.319 e. The highest BCUT2D eigenvalue weighted by atomic mass is 16.2. The molecule has 4 amide bonds. The number of carbonyl (C=O) groups excluding carboxylic acids is 3. The molecule has 3 rings (SSSR count). The second-order valence-electron chi connectivity index (χ2n) is 8.27. The molecule has 1 fully saturated rings. The Morgan fingerprint density at radius 1 is 1.06 bits per heavy atom. The Labute approximate surface area is 187 Å². The van der Waals surface area contributed by atoms with E-state index in [2.05, 4.69) is 20.9 Å². The first-order chi connectivity index (χ1) is 15.3. The van der Waals surface area contributed by atoms with Crippen LogP contribution in [0.1, 0.15) is 26.7 Å². The number of piperidine rings is 1. The summed E-state index contributed by atoms with van der Waals surface area (Å²) < 4.78 is 0. The Morgan fingerprint density at radius 3 is 2.44 bits per heavy atom. The lowest BCUT2D eigenvalue weighted by atomic mass is 9.97. The number of carbonyl (C=O) groups is 3. The molecule has 9 heteroatoms. The number of pyridine rings is 1. The summed E-state index contributed by atoms with van der Waals surface area (Å²) >= 11 is 0. The molecule has 1 saturated heterocycles. The second-order valence-corrected chi connectivity index (χ2v) is 8.27.